The monoisotopic (exact) mass is 339 g/mol. The zero-order valence-corrected chi connectivity index (χ0v) is 13.0. The number of nitro groups is 1. The molecule has 1 heterocycles. The molecule has 0 atom stereocenters. The summed E-state index contributed by atoms with van der Waals surface area (Å²) in [5.74, 6) is -1.66. The number of nitro benzene ring substituents is 1. The molecule has 25 heavy (non-hydrogen) atoms. The minimum atomic E-state index is -1.18. The molecule has 1 aliphatic rings. The highest BCUT2D eigenvalue weighted by molar-refractivity contribution is 6.20. The summed E-state index contributed by atoms with van der Waals surface area (Å²) in [6.45, 7) is -0.777. The van der Waals surface area contributed by atoms with Gasteiger partial charge in [-0.15, -0.1) is 0 Å². The predicted octanol–water partition coefficient (Wildman–Crippen LogP) is 1.86. The minimum Gasteiger partial charge on any atom is -0.480 e. The van der Waals surface area contributed by atoms with Crippen LogP contribution >= 0.6 is 0 Å². The van der Waals surface area contributed by atoms with Crippen molar-refractivity contribution in [3.05, 3.63) is 69.8 Å². The van der Waals surface area contributed by atoms with Gasteiger partial charge in [0.25, 0.3) is 5.69 Å². The van der Waals surface area contributed by atoms with Gasteiger partial charge in [0.1, 0.15) is 13.1 Å². The Morgan fingerprint density at radius 1 is 1.24 bits per heavy atom. The molecule has 0 fully saturated rings. The third kappa shape index (κ3) is 3.23. The van der Waals surface area contributed by atoms with E-state index >= 15 is 0 Å². The summed E-state index contributed by atoms with van der Waals surface area (Å²) >= 11 is 0. The average molecular weight is 339 g/mol. The molecule has 126 valence electrons. The fourth-order valence-corrected chi connectivity index (χ4v) is 2.67. The van der Waals surface area contributed by atoms with Crippen LogP contribution < -0.4 is 4.90 Å². The van der Waals surface area contributed by atoms with Crippen molar-refractivity contribution in [2.75, 3.05) is 18.0 Å². The first kappa shape index (κ1) is 16.3. The van der Waals surface area contributed by atoms with Crippen LogP contribution in [0, 0.1) is 10.1 Å². The lowest BCUT2D eigenvalue weighted by molar-refractivity contribution is -0.384. The number of nitrogens with zero attached hydrogens (tertiary/aromatic N) is 3. The smallest absolute Gasteiger partial charge is 0.323 e. The van der Waals surface area contributed by atoms with Crippen LogP contribution in [0.5, 0.6) is 0 Å². The molecule has 0 unspecified atom stereocenters. The molecule has 0 bridgehead atoms. The number of non-ortho nitro benzene ring substituents is 1. The Morgan fingerprint density at radius 3 is 2.60 bits per heavy atom. The highest BCUT2D eigenvalue weighted by Crippen LogP contribution is 2.30. The van der Waals surface area contributed by atoms with E-state index in [2.05, 4.69) is 4.99 Å². The van der Waals surface area contributed by atoms with Crippen LogP contribution in [-0.4, -0.2) is 40.7 Å². The molecule has 0 aromatic heterocycles. The standard InChI is InChI=1S/C17H13N3O5/c21-15-9-18-17(11-4-2-1-3-5-11)13-8-12(20(24)25)6-7-14(13)19(15)10-16(22)23/h1-8H,9-10H2,(H,22,23). The number of rotatable bonds is 4. The fraction of sp³-hybridized carbons (Fsp3) is 0.118. The molecule has 2 aromatic carbocycles. The van der Waals surface area contributed by atoms with E-state index in [9.17, 15) is 19.7 Å². The summed E-state index contributed by atoms with van der Waals surface area (Å²) in [6.07, 6.45) is 0. The largest absolute Gasteiger partial charge is 0.480 e. The second-order valence-electron chi connectivity index (χ2n) is 5.36. The van der Waals surface area contributed by atoms with E-state index in [1.807, 2.05) is 6.07 Å². The number of aliphatic carboxylic acids is 1. The molecule has 8 nitrogen and oxygen atoms in total. The molecule has 0 saturated carbocycles. The summed E-state index contributed by atoms with van der Waals surface area (Å²) in [4.78, 5) is 39.4. The number of aliphatic imine (C=N–C) groups is 1. The van der Waals surface area contributed by atoms with E-state index < -0.39 is 23.3 Å². The summed E-state index contributed by atoms with van der Waals surface area (Å²) in [5.41, 5.74) is 1.59. The van der Waals surface area contributed by atoms with Crippen LogP contribution in [0.15, 0.2) is 53.5 Å². The fourth-order valence-electron chi connectivity index (χ4n) is 2.67. The Balaban J connectivity index is 2.22. The lowest BCUT2D eigenvalue weighted by atomic mass is 9.99. The van der Waals surface area contributed by atoms with Gasteiger partial charge in [0, 0.05) is 23.3 Å². The molecule has 3 rings (SSSR count). The first-order chi connectivity index (χ1) is 12.0. The van der Waals surface area contributed by atoms with Crippen molar-refractivity contribution >= 4 is 29.0 Å². The van der Waals surface area contributed by atoms with Crippen molar-refractivity contribution in [1.82, 2.24) is 0 Å². The van der Waals surface area contributed by atoms with E-state index in [1.54, 1.807) is 24.3 Å². The van der Waals surface area contributed by atoms with E-state index in [0.29, 0.717) is 16.8 Å². The Morgan fingerprint density at radius 2 is 1.96 bits per heavy atom. The maximum absolute atomic E-state index is 12.3. The number of fused-ring (bicyclic) bond motifs is 1. The number of carboxylic acids is 1. The number of carbonyl (C=O) groups excluding carboxylic acids is 1. The topological polar surface area (TPSA) is 113 Å². The van der Waals surface area contributed by atoms with Gasteiger partial charge < -0.3 is 5.11 Å². The first-order valence-corrected chi connectivity index (χ1v) is 7.38. The number of hydrogen-bond donors (Lipinski definition) is 1. The maximum Gasteiger partial charge on any atom is 0.323 e. The number of carboxylic acid groups (broad SMARTS) is 1. The number of benzodiazepines with no additional fused rings is 1. The highest BCUT2D eigenvalue weighted by Gasteiger charge is 2.28. The van der Waals surface area contributed by atoms with Crippen molar-refractivity contribution in [1.29, 1.82) is 0 Å². The third-order valence-electron chi connectivity index (χ3n) is 3.75. The Bertz CT molecular complexity index is 892. The molecule has 8 heteroatoms. The minimum absolute atomic E-state index is 0.160. The number of carbonyl (C=O) groups is 2. The number of hydrogen-bond acceptors (Lipinski definition) is 5. The average Bonchev–Trinajstić information content (AvgIpc) is 2.72. The third-order valence-corrected chi connectivity index (χ3v) is 3.75. The molecule has 0 radical (unpaired) electrons. The van der Waals surface area contributed by atoms with Gasteiger partial charge in [-0.05, 0) is 6.07 Å². The molecule has 1 amide bonds. The highest BCUT2D eigenvalue weighted by atomic mass is 16.6. The molecule has 1 aliphatic heterocycles. The Labute approximate surface area is 142 Å². The normalized spacial score (nSPS) is 13.7. The van der Waals surface area contributed by atoms with Crippen molar-refractivity contribution < 1.29 is 19.6 Å². The van der Waals surface area contributed by atoms with Crippen molar-refractivity contribution in [3.8, 4) is 0 Å². The first-order valence-electron chi connectivity index (χ1n) is 7.38. The van der Waals surface area contributed by atoms with E-state index in [0.717, 1.165) is 4.90 Å². The second-order valence-corrected chi connectivity index (χ2v) is 5.36. The van der Waals surface area contributed by atoms with Gasteiger partial charge in [0.05, 0.1) is 16.3 Å². The molecular formula is C17H13N3O5. The van der Waals surface area contributed by atoms with E-state index in [4.69, 9.17) is 5.11 Å². The molecule has 0 spiro atoms. The lowest BCUT2D eigenvalue weighted by Crippen LogP contribution is -2.37. The molecule has 0 aliphatic carbocycles. The maximum atomic E-state index is 12.3. The van der Waals surface area contributed by atoms with E-state index in [1.165, 1.54) is 18.2 Å². The summed E-state index contributed by atoms with van der Waals surface area (Å²) in [7, 11) is 0. The summed E-state index contributed by atoms with van der Waals surface area (Å²) in [6, 6.07) is 12.9. The van der Waals surface area contributed by atoms with Crippen LogP contribution in [0.25, 0.3) is 0 Å². The van der Waals surface area contributed by atoms with Crippen LogP contribution in [0.4, 0.5) is 11.4 Å². The van der Waals surface area contributed by atoms with Crippen LogP contribution in [-0.2, 0) is 9.59 Å². The number of amides is 1. The van der Waals surface area contributed by atoms with Crippen molar-refractivity contribution in [3.63, 3.8) is 0 Å². The number of benzene rings is 2. The number of anilines is 1. The van der Waals surface area contributed by atoms with Crippen LogP contribution in [0.3, 0.4) is 0 Å². The van der Waals surface area contributed by atoms with E-state index in [-0.39, 0.29) is 17.9 Å². The van der Waals surface area contributed by atoms with Crippen molar-refractivity contribution in [2.24, 2.45) is 4.99 Å². The van der Waals surface area contributed by atoms with Gasteiger partial charge in [-0.25, -0.2) is 0 Å². The molecule has 1 N–H and O–H groups in total. The predicted molar refractivity (Wildman–Crippen MR) is 90.0 cm³/mol. The van der Waals surface area contributed by atoms with Gasteiger partial charge in [0.15, 0.2) is 0 Å². The van der Waals surface area contributed by atoms with Gasteiger partial charge in [-0.2, -0.15) is 0 Å². The Hall–Kier alpha value is -3.55. The summed E-state index contributed by atoms with van der Waals surface area (Å²) in [5, 5.41) is 20.2. The molecular weight excluding hydrogens is 326 g/mol. The zero-order chi connectivity index (χ0) is 18.0. The van der Waals surface area contributed by atoms with Gasteiger partial charge in [-0.1, -0.05) is 30.3 Å². The van der Waals surface area contributed by atoms with Crippen LogP contribution in [0.2, 0.25) is 0 Å². The Kier molecular flexibility index (Phi) is 4.25. The lowest BCUT2D eigenvalue weighted by Gasteiger charge is -2.21. The quantitative estimate of drug-likeness (QED) is 0.675. The van der Waals surface area contributed by atoms with Crippen LogP contribution in [0.1, 0.15) is 11.1 Å². The molecule has 0 saturated heterocycles. The van der Waals surface area contributed by atoms with Gasteiger partial charge in [0.2, 0.25) is 5.91 Å². The summed E-state index contributed by atoms with van der Waals surface area (Å²) < 4.78 is 0. The van der Waals surface area contributed by atoms with Gasteiger partial charge in [-0.3, -0.25) is 29.6 Å². The van der Waals surface area contributed by atoms with Crippen molar-refractivity contribution in [2.45, 2.75) is 0 Å². The molecule has 2 aromatic rings. The second kappa shape index (κ2) is 6.52. The SMILES string of the molecule is O=C(O)CN1C(=O)CN=C(c2ccccc2)c2cc([N+](=O)[O-])ccc21. The van der Waals surface area contributed by atoms with Gasteiger partial charge >= 0.3 is 5.97 Å². The zero-order valence-electron chi connectivity index (χ0n) is 13.0.